The average molecular weight is 1870 g/mol. The molecule has 0 aliphatic carbocycles. The molecular weight excluding hydrogens is 1760 g/mol. The topological polar surface area (TPSA) is 471 Å². The molecule has 3 aromatic heterocycles. The summed E-state index contributed by atoms with van der Waals surface area (Å²) in [6, 6.07) is 26.1. The summed E-state index contributed by atoms with van der Waals surface area (Å²) in [6.45, 7) is 5.48. The average Bonchev–Trinajstić information content (AvgIpc) is 1.61. The summed E-state index contributed by atoms with van der Waals surface area (Å²) in [5, 5.41) is 50.6. The second-order valence-corrected chi connectivity index (χ2v) is 35.0. The largest absolute Gasteiger partial charge is 0.501 e. The first-order valence-electron chi connectivity index (χ1n) is 43.0. The Kier molecular flexibility index (Phi) is 32.9. The van der Waals surface area contributed by atoms with Crippen molar-refractivity contribution in [2.24, 2.45) is 24.1 Å². The smallest absolute Gasteiger partial charge is 0.493 e. The molecule has 704 valence electrons. The molecular formula is C91H105N11O28S2. The Hall–Kier alpha value is -11.8. The fraction of sp³-hybridized carbons (Fsp3) is 0.440. The second kappa shape index (κ2) is 45.1. The molecule has 1 fully saturated rings. The molecule has 0 bridgehead atoms. The molecule has 7 atom stereocenters. The Morgan fingerprint density at radius 2 is 1.01 bits per heavy atom. The molecule has 2 amide bonds. The summed E-state index contributed by atoms with van der Waals surface area (Å²) in [4.78, 5) is 90.1. The number of aliphatic hydroxyl groups excluding tert-OH is 4. The van der Waals surface area contributed by atoms with Crippen molar-refractivity contribution in [3.63, 3.8) is 0 Å². The number of hydrogen-bond acceptors (Lipinski definition) is 34. The van der Waals surface area contributed by atoms with E-state index in [-0.39, 0.29) is 183 Å². The zero-order valence-corrected chi connectivity index (χ0v) is 75.1. The van der Waals surface area contributed by atoms with Crippen molar-refractivity contribution in [3.05, 3.63) is 201 Å². The highest BCUT2D eigenvalue weighted by molar-refractivity contribution is 7.91. The summed E-state index contributed by atoms with van der Waals surface area (Å²) in [7, 11) is -2.31. The van der Waals surface area contributed by atoms with Gasteiger partial charge in [-0.25, -0.2) is 23.1 Å². The van der Waals surface area contributed by atoms with Crippen LogP contribution in [0.15, 0.2) is 143 Å². The summed E-state index contributed by atoms with van der Waals surface area (Å²) in [5.74, 6) is -2.55. The van der Waals surface area contributed by atoms with Gasteiger partial charge >= 0.3 is 10.4 Å². The molecule has 14 rings (SSSR count). The van der Waals surface area contributed by atoms with E-state index in [1.165, 1.54) is 50.6 Å². The van der Waals surface area contributed by atoms with Crippen LogP contribution in [0.5, 0.6) is 40.2 Å². The maximum atomic E-state index is 14.6. The normalized spacial score (nSPS) is 18.0. The first kappa shape index (κ1) is 96.3. The third-order valence-corrected chi connectivity index (χ3v) is 25.0. The van der Waals surface area contributed by atoms with Gasteiger partial charge in [0, 0.05) is 112 Å². The van der Waals surface area contributed by atoms with Gasteiger partial charge in [0.05, 0.1) is 195 Å². The van der Waals surface area contributed by atoms with Crippen LogP contribution in [0, 0.1) is 6.92 Å². The Balaban J connectivity index is 0.518. The molecule has 5 aliphatic rings. The van der Waals surface area contributed by atoms with Gasteiger partial charge in [0.1, 0.15) is 49.1 Å². The van der Waals surface area contributed by atoms with Gasteiger partial charge in [-0.05, 0) is 91.6 Å². The summed E-state index contributed by atoms with van der Waals surface area (Å²) >= 11 is 0. The number of imidazole rings is 2. The van der Waals surface area contributed by atoms with Crippen LogP contribution in [0.25, 0.3) is 0 Å². The van der Waals surface area contributed by atoms with Gasteiger partial charge in [-0.1, -0.05) is 47.2 Å². The predicted octanol–water partition coefficient (Wildman–Crippen LogP) is 6.67. The van der Waals surface area contributed by atoms with Gasteiger partial charge in [-0.15, -0.1) is 13.5 Å². The van der Waals surface area contributed by atoms with E-state index in [9.17, 15) is 61.2 Å². The number of aliphatic imine (C=N–C) groups is 2. The zero-order valence-electron chi connectivity index (χ0n) is 73.4. The lowest BCUT2D eigenvalue weighted by Crippen LogP contribution is -2.60. The minimum Gasteiger partial charge on any atom is -0.493 e. The number of aliphatic hydroxyl groups is 4. The highest BCUT2D eigenvalue weighted by atomic mass is 32.3. The SMILES string of the molecule is COc1cc2c(cc1OCc1cc(COc3cc4c(cc3OC)C(=O)N3Cc5ncn(C)c5C[C@H]3C=N4)cc(OS(=O)(=O)Oc3cc(C(=O)CCCOCCOCCOCCn4cc(COCCOCCOCCOCCCC(=O)c5ccc(C(=O)CCS(=O)(=O)c6ccc(C)cc6)cc5)nn4)ccc3OC3O[C@H](CO)[C@H](O)[C@H](O)[C@H]3O)c1)N=C[C@@H]1Cc3c(ncn3C)CN1C2=O. The van der Waals surface area contributed by atoms with Crippen molar-refractivity contribution in [1.82, 2.24) is 43.9 Å². The molecule has 9 aromatic rings. The maximum absolute atomic E-state index is 14.6. The number of Topliss-reactive ketones (excluding diaryl/α,β-unsaturated/α-hetero) is 3. The summed E-state index contributed by atoms with van der Waals surface area (Å²) in [6.07, 6.45) is 1.40. The van der Waals surface area contributed by atoms with Crippen molar-refractivity contribution >= 4 is 73.2 Å². The number of carbonyl (C=O) groups excluding carboxylic acids is 5. The lowest BCUT2D eigenvalue weighted by Gasteiger charge is -2.39. The third-order valence-electron chi connectivity index (χ3n) is 22.5. The van der Waals surface area contributed by atoms with E-state index >= 15 is 0 Å². The molecule has 41 heteroatoms. The van der Waals surface area contributed by atoms with E-state index in [1.54, 1.807) is 112 Å². The lowest BCUT2D eigenvalue weighted by atomic mass is 9.99. The van der Waals surface area contributed by atoms with Crippen LogP contribution >= 0.6 is 0 Å². The van der Waals surface area contributed by atoms with E-state index < -0.39 is 74.8 Å². The molecule has 6 aromatic carbocycles. The van der Waals surface area contributed by atoms with Crippen LogP contribution < -0.4 is 32.1 Å². The summed E-state index contributed by atoms with van der Waals surface area (Å²) < 4.78 is 147. The number of hydrogen-bond donors (Lipinski definition) is 4. The van der Waals surface area contributed by atoms with Crippen LogP contribution in [0.4, 0.5) is 11.4 Å². The maximum Gasteiger partial charge on any atom is 0.501 e. The van der Waals surface area contributed by atoms with E-state index in [1.807, 2.05) is 30.2 Å². The Bertz CT molecular complexity index is 5680. The highest BCUT2D eigenvalue weighted by Gasteiger charge is 2.46. The number of ketones is 3. The van der Waals surface area contributed by atoms with Gasteiger partial charge in [-0.2, -0.15) is 0 Å². The fourth-order valence-corrected chi connectivity index (χ4v) is 17.2. The minimum absolute atomic E-state index is 0.0577. The summed E-state index contributed by atoms with van der Waals surface area (Å²) in [5.41, 5.74) is 7.55. The van der Waals surface area contributed by atoms with Crippen molar-refractivity contribution in [2.75, 3.05) is 112 Å². The molecule has 0 radical (unpaired) electrons. The molecule has 0 spiro atoms. The van der Waals surface area contributed by atoms with Crippen LogP contribution in [0.2, 0.25) is 0 Å². The van der Waals surface area contributed by atoms with Gasteiger partial charge in [-0.3, -0.25) is 34.0 Å². The molecule has 1 unspecified atom stereocenters. The number of aromatic nitrogens is 7. The quantitative estimate of drug-likeness (QED) is 0.0228. The van der Waals surface area contributed by atoms with E-state index in [2.05, 4.69) is 20.3 Å². The first-order chi connectivity index (χ1) is 63.8. The molecule has 1 saturated heterocycles. The van der Waals surface area contributed by atoms with Crippen LogP contribution in [0.3, 0.4) is 0 Å². The van der Waals surface area contributed by atoms with Crippen molar-refractivity contribution < 1.29 is 131 Å². The fourth-order valence-electron chi connectivity index (χ4n) is 15.3. The van der Waals surface area contributed by atoms with Crippen molar-refractivity contribution in [3.8, 4) is 40.2 Å². The van der Waals surface area contributed by atoms with E-state index in [4.69, 9.17) is 79.9 Å². The van der Waals surface area contributed by atoms with Crippen LogP contribution in [-0.4, -0.2) is 278 Å². The molecule has 0 saturated carbocycles. The number of ether oxygens (including phenoxy) is 13. The van der Waals surface area contributed by atoms with E-state index in [0.717, 1.165) is 34.4 Å². The number of amides is 2. The highest BCUT2D eigenvalue weighted by Crippen LogP contribution is 2.43. The van der Waals surface area contributed by atoms with Gasteiger partial charge < -0.3 is 109 Å². The molecule has 132 heavy (non-hydrogen) atoms. The Morgan fingerprint density at radius 1 is 0.515 bits per heavy atom. The molecule has 39 nitrogen and oxygen atoms in total. The monoisotopic (exact) mass is 1860 g/mol. The van der Waals surface area contributed by atoms with E-state index in [0.29, 0.717) is 118 Å². The number of fused-ring (bicyclic) bond motifs is 6. The van der Waals surface area contributed by atoms with Crippen LogP contribution in [-0.2, 0) is 125 Å². The van der Waals surface area contributed by atoms with Crippen molar-refractivity contribution in [2.45, 2.75) is 139 Å². The van der Waals surface area contributed by atoms with Crippen molar-refractivity contribution in [1.29, 1.82) is 0 Å². The number of carbonyl (C=O) groups is 5. The molecule has 4 N–H and O–H groups in total. The predicted molar refractivity (Wildman–Crippen MR) is 470 cm³/mol. The number of benzene rings is 6. The van der Waals surface area contributed by atoms with Gasteiger partial charge in [0.15, 0.2) is 61.7 Å². The molecule has 5 aliphatic heterocycles. The number of aryl methyl sites for hydroxylation is 3. The Morgan fingerprint density at radius 3 is 1.53 bits per heavy atom. The van der Waals surface area contributed by atoms with Gasteiger partial charge in [0.25, 0.3) is 11.8 Å². The number of nitrogens with zero attached hydrogens (tertiary/aromatic N) is 11. The number of rotatable bonds is 50. The Labute approximate surface area is 761 Å². The number of sulfone groups is 1. The first-order valence-corrected chi connectivity index (χ1v) is 46.0. The number of methoxy groups -OCH3 is 2. The molecule has 8 heterocycles. The minimum atomic E-state index is -5.32. The second-order valence-electron chi connectivity index (χ2n) is 31.8. The standard InChI is InChI=1S/C91H105N11O28S2/c1-57-10-17-67(18-11-57)131(112,113)35-20-78(106)61-14-12-60(13-15-61)76(104)8-6-22-118-26-29-122-31-32-123-33-34-124-54-63-48-100(97-96-63)21-24-120-27-30-121-28-25-119-23-7-9-77(105)62-16-19-79(127-91-88(109)87(108)86(107)85(51-103)128-91)84(39-62)130-132(114,115)129-66-37-58(52-125-82-44-70-68(42-80(82)116-4)89(110)101-49-72-74(98(2)55-94-72)40-64(101)46-92-70)36-59(38-66)53-126-83-45-71-69(43-81(83)117-5)90(111)102-50-73-75(99(3)56-95-73)41-65(102)47-93-71/h10-19,36-39,42-48,55-56,64-65,85-88,91,103,107-109H,6-9,20-35,40-41,49-54H2,1-5H3/t64-,65-,85+,86-,87-,88+,91?/m0/s1. The van der Waals surface area contributed by atoms with Gasteiger partial charge in [0.2, 0.25) is 6.29 Å². The lowest BCUT2D eigenvalue weighted by molar-refractivity contribution is -0.277. The third kappa shape index (κ3) is 24.7. The zero-order chi connectivity index (χ0) is 93.0. The van der Waals surface area contributed by atoms with Crippen LogP contribution in [0.1, 0.15) is 129 Å².